The first-order valence-electron chi connectivity index (χ1n) is 6.87. The molecule has 1 aromatic rings. The quantitative estimate of drug-likeness (QED) is 0.631. The number of hydrogen-bond donors (Lipinski definition) is 2. The summed E-state index contributed by atoms with van der Waals surface area (Å²) in [5.74, 6) is 0.607. The van der Waals surface area contributed by atoms with E-state index in [0.717, 1.165) is 15.7 Å². The summed E-state index contributed by atoms with van der Waals surface area (Å²) in [4.78, 5) is 0. The third-order valence-electron chi connectivity index (χ3n) is 2.84. The lowest BCUT2D eigenvalue weighted by Gasteiger charge is -2.19. The first kappa shape index (κ1) is 18.0. The van der Waals surface area contributed by atoms with Crippen molar-refractivity contribution in [1.82, 2.24) is 0 Å². The molecular weight excluding hydrogens is 389 g/mol. The van der Waals surface area contributed by atoms with Crippen molar-refractivity contribution in [3.05, 3.63) is 26.8 Å². The monoisotopic (exact) mass is 411 g/mol. The van der Waals surface area contributed by atoms with Crippen LogP contribution in [-0.2, 0) is 4.74 Å². The van der Waals surface area contributed by atoms with Crippen LogP contribution >= 0.6 is 34.2 Å². The number of halogens is 2. The molecule has 2 unspecified atom stereocenters. The molecule has 0 fully saturated rings. The molecule has 0 amide bonds. The molecule has 0 aliphatic carbocycles. The van der Waals surface area contributed by atoms with Gasteiger partial charge in [0.15, 0.2) is 0 Å². The molecule has 1 rings (SSSR count). The first-order valence-corrected chi connectivity index (χ1v) is 8.32. The van der Waals surface area contributed by atoms with Crippen LogP contribution in [0.5, 0.6) is 0 Å². The molecule has 0 aliphatic rings. The lowest BCUT2D eigenvalue weighted by molar-refractivity contribution is -0.00444. The number of rotatable bonds is 8. The molecule has 20 heavy (non-hydrogen) atoms. The Hall–Kier alpha value is -0.0400. The van der Waals surface area contributed by atoms with Gasteiger partial charge in [-0.2, -0.15) is 0 Å². The highest BCUT2D eigenvalue weighted by Gasteiger charge is 2.10. The summed E-state index contributed by atoms with van der Waals surface area (Å²) in [5.41, 5.74) is 0.976. The number of aliphatic hydroxyl groups is 1. The minimum Gasteiger partial charge on any atom is -0.389 e. The van der Waals surface area contributed by atoms with Gasteiger partial charge >= 0.3 is 0 Å². The molecule has 0 radical (unpaired) electrons. The lowest BCUT2D eigenvalue weighted by atomic mass is 10.1. The van der Waals surface area contributed by atoms with Crippen molar-refractivity contribution in [3.63, 3.8) is 0 Å². The van der Waals surface area contributed by atoms with Gasteiger partial charge in [-0.1, -0.05) is 25.4 Å². The molecule has 0 bridgehead atoms. The molecule has 1 aromatic carbocycles. The fourth-order valence-corrected chi connectivity index (χ4v) is 2.99. The van der Waals surface area contributed by atoms with Crippen LogP contribution in [0, 0.1) is 9.49 Å². The maximum absolute atomic E-state index is 9.92. The van der Waals surface area contributed by atoms with Crippen molar-refractivity contribution in [3.8, 4) is 0 Å². The highest BCUT2D eigenvalue weighted by atomic mass is 127. The van der Waals surface area contributed by atoms with Crippen LogP contribution in [0.4, 0.5) is 5.69 Å². The number of ether oxygens (including phenoxy) is 1. The van der Waals surface area contributed by atoms with Crippen LogP contribution in [0.1, 0.15) is 27.2 Å². The molecule has 5 heteroatoms. The predicted octanol–water partition coefficient (Wildman–Crippen LogP) is 4.17. The molecule has 2 atom stereocenters. The number of nitrogens with one attached hydrogen (secondary N) is 1. The second-order valence-corrected chi connectivity index (χ2v) is 7.03. The molecule has 2 N–H and O–H groups in total. The van der Waals surface area contributed by atoms with E-state index in [9.17, 15) is 5.11 Å². The highest BCUT2D eigenvalue weighted by molar-refractivity contribution is 14.1. The first-order chi connectivity index (χ1) is 9.38. The van der Waals surface area contributed by atoms with E-state index in [4.69, 9.17) is 16.3 Å². The minimum atomic E-state index is -0.518. The van der Waals surface area contributed by atoms with Gasteiger partial charge in [0.2, 0.25) is 0 Å². The summed E-state index contributed by atoms with van der Waals surface area (Å²) >= 11 is 8.12. The maximum atomic E-state index is 9.92. The molecule has 0 aliphatic heterocycles. The van der Waals surface area contributed by atoms with Gasteiger partial charge in [0.1, 0.15) is 0 Å². The fraction of sp³-hybridized carbons (Fsp3) is 0.600. The summed E-state index contributed by atoms with van der Waals surface area (Å²) in [6.45, 7) is 7.19. The standard InChI is InChI=1S/C15H23ClINO2/c1-10(2)6-11(3)20-9-13(19)8-18-15-5-4-12(16)7-14(15)17/h4-5,7,10-11,13,18-19H,6,8-9H2,1-3H3. The van der Waals surface area contributed by atoms with Crippen LogP contribution in [0.2, 0.25) is 5.02 Å². The van der Waals surface area contributed by atoms with Gasteiger partial charge in [-0.3, -0.25) is 0 Å². The second-order valence-electron chi connectivity index (χ2n) is 5.43. The Labute approximate surface area is 140 Å². The summed E-state index contributed by atoms with van der Waals surface area (Å²) < 4.78 is 6.68. The zero-order valence-corrected chi connectivity index (χ0v) is 15.1. The molecule has 0 heterocycles. The highest BCUT2D eigenvalue weighted by Crippen LogP contribution is 2.22. The second kappa shape index (κ2) is 9.07. The Morgan fingerprint density at radius 3 is 2.65 bits per heavy atom. The summed E-state index contributed by atoms with van der Waals surface area (Å²) in [5, 5.41) is 13.8. The largest absolute Gasteiger partial charge is 0.389 e. The van der Waals surface area contributed by atoms with Gasteiger partial charge in [0, 0.05) is 20.8 Å². The van der Waals surface area contributed by atoms with E-state index in [1.54, 1.807) is 0 Å². The predicted molar refractivity (Wildman–Crippen MR) is 93.5 cm³/mol. The summed E-state index contributed by atoms with van der Waals surface area (Å²) in [7, 11) is 0. The third kappa shape index (κ3) is 7.11. The zero-order valence-electron chi connectivity index (χ0n) is 12.2. The Morgan fingerprint density at radius 2 is 2.05 bits per heavy atom. The van der Waals surface area contributed by atoms with E-state index in [0.29, 0.717) is 24.1 Å². The normalized spacial score (nSPS) is 14.3. The van der Waals surface area contributed by atoms with Crippen LogP contribution in [0.25, 0.3) is 0 Å². The van der Waals surface area contributed by atoms with E-state index in [2.05, 4.69) is 41.8 Å². The van der Waals surface area contributed by atoms with Crippen LogP contribution in [-0.4, -0.2) is 30.5 Å². The number of benzene rings is 1. The molecular formula is C15H23ClINO2. The smallest absolute Gasteiger partial charge is 0.0945 e. The number of hydrogen-bond acceptors (Lipinski definition) is 3. The van der Waals surface area contributed by atoms with Crippen molar-refractivity contribution >= 4 is 39.9 Å². The Balaban J connectivity index is 2.30. The van der Waals surface area contributed by atoms with Gasteiger partial charge < -0.3 is 15.2 Å². The Bertz CT molecular complexity index is 415. The SMILES string of the molecule is CC(C)CC(C)OCC(O)CNc1ccc(Cl)cc1I. The lowest BCUT2D eigenvalue weighted by Crippen LogP contribution is -2.27. The molecule has 0 aromatic heterocycles. The van der Waals surface area contributed by atoms with Crippen molar-refractivity contribution in [1.29, 1.82) is 0 Å². The molecule has 0 saturated heterocycles. The molecule has 0 spiro atoms. The zero-order chi connectivity index (χ0) is 15.1. The van der Waals surface area contributed by atoms with E-state index < -0.39 is 6.10 Å². The fourth-order valence-electron chi connectivity index (χ4n) is 1.93. The van der Waals surface area contributed by atoms with E-state index in [1.165, 1.54) is 0 Å². The Morgan fingerprint density at radius 1 is 1.35 bits per heavy atom. The average Bonchev–Trinajstić information content (AvgIpc) is 2.34. The third-order valence-corrected chi connectivity index (χ3v) is 3.96. The van der Waals surface area contributed by atoms with Crippen LogP contribution in [0.15, 0.2) is 18.2 Å². The molecule has 3 nitrogen and oxygen atoms in total. The van der Waals surface area contributed by atoms with Crippen LogP contribution in [0.3, 0.4) is 0 Å². The average molecular weight is 412 g/mol. The summed E-state index contributed by atoms with van der Waals surface area (Å²) in [6.07, 6.45) is 0.672. The number of anilines is 1. The van der Waals surface area contributed by atoms with Crippen molar-refractivity contribution in [2.24, 2.45) is 5.92 Å². The van der Waals surface area contributed by atoms with Gasteiger partial charge in [0.25, 0.3) is 0 Å². The van der Waals surface area contributed by atoms with Gasteiger partial charge in [-0.05, 0) is 60.1 Å². The van der Waals surface area contributed by atoms with E-state index >= 15 is 0 Å². The Kier molecular flexibility index (Phi) is 8.17. The van der Waals surface area contributed by atoms with E-state index in [1.807, 2.05) is 25.1 Å². The van der Waals surface area contributed by atoms with E-state index in [-0.39, 0.29) is 6.10 Å². The van der Waals surface area contributed by atoms with Crippen molar-refractivity contribution in [2.75, 3.05) is 18.5 Å². The number of aliphatic hydroxyl groups excluding tert-OH is 1. The minimum absolute atomic E-state index is 0.181. The summed E-state index contributed by atoms with van der Waals surface area (Å²) in [6, 6.07) is 5.64. The topological polar surface area (TPSA) is 41.5 Å². The van der Waals surface area contributed by atoms with Gasteiger partial charge in [-0.25, -0.2) is 0 Å². The maximum Gasteiger partial charge on any atom is 0.0945 e. The van der Waals surface area contributed by atoms with Gasteiger partial charge in [0.05, 0.1) is 18.8 Å². The molecule has 114 valence electrons. The van der Waals surface area contributed by atoms with Crippen molar-refractivity contribution in [2.45, 2.75) is 39.4 Å². The molecule has 0 saturated carbocycles. The van der Waals surface area contributed by atoms with Crippen molar-refractivity contribution < 1.29 is 9.84 Å². The van der Waals surface area contributed by atoms with Gasteiger partial charge in [-0.15, -0.1) is 0 Å². The van der Waals surface area contributed by atoms with Crippen LogP contribution < -0.4 is 5.32 Å².